The van der Waals surface area contributed by atoms with Crippen molar-refractivity contribution in [3.8, 4) is 0 Å². The number of cyclic esters (lactones) is 1. The highest BCUT2D eigenvalue weighted by Crippen LogP contribution is 2.31. The van der Waals surface area contributed by atoms with Crippen molar-refractivity contribution in [2.75, 3.05) is 0 Å². The molecule has 140 valence electrons. The monoisotopic (exact) mass is 344 g/mol. The Balaban J connectivity index is 1.48. The van der Waals surface area contributed by atoms with E-state index in [1.807, 2.05) is 6.07 Å². The number of unbranched alkanes of at least 4 members (excludes halogenated alkanes) is 9. The number of esters is 1. The summed E-state index contributed by atoms with van der Waals surface area (Å²) >= 11 is 0. The smallest absolute Gasteiger partial charge is 0.313 e. The first-order valence-corrected chi connectivity index (χ1v) is 10.6. The first-order chi connectivity index (χ1) is 12.3. The summed E-state index contributed by atoms with van der Waals surface area (Å²) in [6.45, 7) is 2.27. The molecule has 0 bridgehead atoms. The molecule has 0 aliphatic carbocycles. The standard InChI is InChI=1S/C23H36O2/c1-2-3-4-5-6-7-8-9-10-14-17-21-22(25-23(21)24)19-18-20-15-12-11-13-16-20/h11-13,15-16,21-22H,2-10,14,17-19H2,1H3. The third kappa shape index (κ3) is 7.63. The zero-order valence-electron chi connectivity index (χ0n) is 16.1. The Morgan fingerprint density at radius 3 is 2.00 bits per heavy atom. The van der Waals surface area contributed by atoms with Gasteiger partial charge >= 0.3 is 5.97 Å². The highest BCUT2D eigenvalue weighted by Gasteiger charge is 2.40. The molecule has 0 N–H and O–H groups in total. The van der Waals surface area contributed by atoms with Crippen LogP contribution in [0.15, 0.2) is 30.3 Å². The van der Waals surface area contributed by atoms with Crippen LogP contribution in [-0.4, -0.2) is 12.1 Å². The number of benzene rings is 1. The summed E-state index contributed by atoms with van der Waals surface area (Å²) in [5.41, 5.74) is 1.34. The number of hydrogen-bond acceptors (Lipinski definition) is 2. The molecule has 1 saturated heterocycles. The molecule has 2 unspecified atom stereocenters. The van der Waals surface area contributed by atoms with Crippen LogP contribution in [0.5, 0.6) is 0 Å². The Bertz CT molecular complexity index is 468. The van der Waals surface area contributed by atoms with Crippen LogP contribution in [0, 0.1) is 5.92 Å². The molecule has 25 heavy (non-hydrogen) atoms. The third-order valence-corrected chi connectivity index (χ3v) is 5.45. The molecule has 1 aliphatic rings. The number of ether oxygens (including phenoxy) is 1. The van der Waals surface area contributed by atoms with Crippen molar-refractivity contribution in [1.29, 1.82) is 0 Å². The lowest BCUT2D eigenvalue weighted by Gasteiger charge is -2.35. The van der Waals surface area contributed by atoms with Crippen LogP contribution in [0.2, 0.25) is 0 Å². The topological polar surface area (TPSA) is 26.3 Å². The molecular formula is C23H36O2. The van der Waals surface area contributed by atoms with Crippen molar-refractivity contribution >= 4 is 5.97 Å². The SMILES string of the molecule is CCCCCCCCCCCCC1C(=O)OC1CCc1ccccc1. The van der Waals surface area contributed by atoms with Gasteiger partial charge in [-0.05, 0) is 24.8 Å². The summed E-state index contributed by atoms with van der Waals surface area (Å²) in [6, 6.07) is 10.5. The Morgan fingerprint density at radius 1 is 0.800 bits per heavy atom. The van der Waals surface area contributed by atoms with Crippen LogP contribution in [0.1, 0.15) is 89.5 Å². The van der Waals surface area contributed by atoms with Gasteiger partial charge in [0, 0.05) is 0 Å². The maximum Gasteiger partial charge on any atom is 0.313 e. The predicted octanol–water partition coefficient (Wildman–Crippen LogP) is 6.47. The Hall–Kier alpha value is -1.31. The van der Waals surface area contributed by atoms with Crippen LogP contribution < -0.4 is 0 Å². The normalized spacial score (nSPS) is 19.5. The first kappa shape index (κ1) is 20.0. The minimum absolute atomic E-state index is 0.0361. The van der Waals surface area contributed by atoms with Crippen molar-refractivity contribution in [3.63, 3.8) is 0 Å². The minimum Gasteiger partial charge on any atom is -0.461 e. The molecule has 0 aromatic heterocycles. The Labute approximate surface area is 154 Å². The molecule has 1 fully saturated rings. The summed E-state index contributed by atoms with van der Waals surface area (Å²) in [5, 5.41) is 0. The molecule has 0 spiro atoms. The van der Waals surface area contributed by atoms with Crippen LogP contribution in [-0.2, 0) is 16.0 Å². The van der Waals surface area contributed by atoms with E-state index in [4.69, 9.17) is 4.74 Å². The van der Waals surface area contributed by atoms with E-state index >= 15 is 0 Å². The lowest BCUT2D eigenvalue weighted by Crippen LogP contribution is -2.45. The van der Waals surface area contributed by atoms with Crippen molar-refractivity contribution in [1.82, 2.24) is 0 Å². The highest BCUT2D eigenvalue weighted by molar-refractivity contribution is 5.78. The molecule has 0 radical (unpaired) electrons. The van der Waals surface area contributed by atoms with E-state index in [0.29, 0.717) is 0 Å². The second-order valence-corrected chi connectivity index (χ2v) is 7.58. The van der Waals surface area contributed by atoms with Gasteiger partial charge in [0.2, 0.25) is 0 Å². The van der Waals surface area contributed by atoms with E-state index in [-0.39, 0.29) is 18.0 Å². The molecule has 1 aliphatic heterocycles. The lowest BCUT2D eigenvalue weighted by molar-refractivity contribution is -0.185. The summed E-state index contributed by atoms with van der Waals surface area (Å²) < 4.78 is 5.38. The van der Waals surface area contributed by atoms with E-state index in [1.165, 1.54) is 69.8 Å². The van der Waals surface area contributed by atoms with Gasteiger partial charge in [0.25, 0.3) is 0 Å². The van der Waals surface area contributed by atoms with E-state index in [2.05, 4.69) is 31.2 Å². The molecule has 1 heterocycles. The van der Waals surface area contributed by atoms with Gasteiger partial charge in [-0.1, -0.05) is 101 Å². The third-order valence-electron chi connectivity index (χ3n) is 5.45. The van der Waals surface area contributed by atoms with E-state index in [1.54, 1.807) is 0 Å². The molecule has 2 nitrogen and oxygen atoms in total. The number of hydrogen-bond donors (Lipinski definition) is 0. The van der Waals surface area contributed by atoms with Crippen LogP contribution in [0.25, 0.3) is 0 Å². The van der Waals surface area contributed by atoms with Crippen LogP contribution >= 0.6 is 0 Å². The molecule has 2 rings (SSSR count). The van der Waals surface area contributed by atoms with Gasteiger partial charge in [0.1, 0.15) is 6.10 Å². The number of carbonyl (C=O) groups is 1. The van der Waals surface area contributed by atoms with E-state index in [9.17, 15) is 4.79 Å². The van der Waals surface area contributed by atoms with Gasteiger partial charge in [-0.15, -0.1) is 0 Å². The maximum absolute atomic E-state index is 11.7. The van der Waals surface area contributed by atoms with Crippen LogP contribution in [0.3, 0.4) is 0 Å². The van der Waals surface area contributed by atoms with E-state index < -0.39 is 0 Å². The van der Waals surface area contributed by atoms with Crippen molar-refractivity contribution in [2.24, 2.45) is 5.92 Å². The van der Waals surface area contributed by atoms with Gasteiger partial charge in [-0.25, -0.2) is 0 Å². The zero-order valence-corrected chi connectivity index (χ0v) is 16.1. The lowest BCUT2D eigenvalue weighted by atomic mass is 9.87. The average Bonchev–Trinajstić information content (AvgIpc) is 2.63. The number of carbonyl (C=O) groups excluding carboxylic acids is 1. The van der Waals surface area contributed by atoms with Gasteiger partial charge < -0.3 is 4.74 Å². The second-order valence-electron chi connectivity index (χ2n) is 7.58. The van der Waals surface area contributed by atoms with Crippen molar-refractivity contribution in [2.45, 2.75) is 96.5 Å². The minimum atomic E-state index is 0.0361. The fraction of sp³-hybridized carbons (Fsp3) is 0.696. The quantitative estimate of drug-likeness (QED) is 0.285. The largest absolute Gasteiger partial charge is 0.461 e. The zero-order chi connectivity index (χ0) is 17.7. The molecule has 2 atom stereocenters. The van der Waals surface area contributed by atoms with Gasteiger partial charge in [0.15, 0.2) is 0 Å². The van der Waals surface area contributed by atoms with Crippen molar-refractivity contribution < 1.29 is 9.53 Å². The summed E-state index contributed by atoms with van der Waals surface area (Å²) in [4.78, 5) is 11.7. The Kier molecular flexibility index (Phi) is 9.69. The molecule has 0 amide bonds. The first-order valence-electron chi connectivity index (χ1n) is 10.6. The average molecular weight is 345 g/mol. The van der Waals surface area contributed by atoms with Gasteiger partial charge in [-0.3, -0.25) is 4.79 Å². The fourth-order valence-corrected chi connectivity index (χ4v) is 3.77. The fourth-order valence-electron chi connectivity index (χ4n) is 3.77. The van der Waals surface area contributed by atoms with E-state index in [0.717, 1.165) is 19.3 Å². The van der Waals surface area contributed by atoms with Gasteiger partial charge in [0.05, 0.1) is 5.92 Å². The molecule has 0 saturated carbocycles. The molecule has 1 aromatic rings. The summed E-state index contributed by atoms with van der Waals surface area (Å²) in [6.07, 6.45) is 16.6. The molecule has 2 heteroatoms. The summed E-state index contributed by atoms with van der Waals surface area (Å²) in [7, 11) is 0. The van der Waals surface area contributed by atoms with Crippen LogP contribution in [0.4, 0.5) is 0 Å². The molecular weight excluding hydrogens is 308 g/mol. The predicted molar refractivity (Wildman–Crippen MR) is 105 cm³/mol. The van der Waals surface area contributed by atoms with Crippen molar-refractivity contribution in [3.05, 3.63) is 35.9 Å². The maximum atomic E-state index is 11.7. The molecule has 1 aromatic carbocycles. The Morgan fingerprint density at radius 2 is 1.40 bits per heavy atom. The number of rotatable bonds is 14. The highest BCUT2D eigenvalue weighted by atomic mass is 16.6. The second kappa shape index (κ2) is 12.1. The summed E-state index contributed by atoms with van der Waals surface area (Å²) in [5.74, 6) is 0.201. The van der Waals surface area contributed by atoms with Gasteiger partial charge in [-0.2, -0.15) is 0 Å². The number of aryl methyl sites for hydroxylation is 1.